The van der Waals surface area contributed by atoms with Crippen molar-refractivity contribution >= 4 is 0 Å². The quantitative estimate of drug-likeness (QED) is 0.866. The lowest BCUT2D eigenvalue weighted by Gasteiger charge is -2.34. The maximum absolute atomic E-state index is 10.3. The van der Waals surface area contributed by atoms with E-state index in [0.29, 0.717) is 24.9 Å². The third-order valence-electron chi connectivity index (χ3n) is 4.13. The first-order valence-corrected chi connectivity index (χ1v) is 8.34. The van der Waals surface area contributed by atoms with E-state index in [-0.39, 0.29) is 0 Å². The SMILES string of the molecule is CC(C)C[C@@](C)(O)C#CCN1CCCC[C@H]1c1cccnc1. The zero-order valence-electron chi connectivity index (χ0n) is 14.0. The van der Waals surface area contributed by atoms with Crippen molar-refractivity contribution in [1.82, 2.24) is 9.88 Å². The molecule has 0 radical (unpaired) electrons. The van der Waals surface area contributed by atoms with Gasteiger partial charge >= 0.3 is 0 Å². The van der Waals surface area contributed by atoms with Crippen LogP contribution in [-0.4, -0.2) is 33.7 Å². The largest absolute Gasteiger partial charge is 0.378 e. The first kappa shape index (κ1) is 17.0. The molecule has 0 bridgehead atoms. The van der Waals surface area contributed by atoms with Gasteiger partial charge in [-0.25, -0.2) is 0 Å². The summed E-state index contributed by atoms with van der Waals surface area (Å²) in [5, 5.41) is 10.3. The van der Waals surface area contributed by atoms with E-state index in [1.54, 1.807) is 0 Å². The minimum absolute atomic E-state index is 0.409. The van der Waals surface area contributed by atoms with E-state index in [2.05, 4.69) is 41.6 Å². The van der Waals surface area contributed by atoms with Crippen molar-refractivity contribution < 1.29 is 5.11 Å². The van der Waals surface area contributed by atoms with Crippen LogP contribution in [0.4, 0.5) is 0 Å². The summed E-state index contributed by atoms with van der Waals surface area (Å²) in [6.45, 7) is 7.82. The summed E-state index contributed by atoms with van der Waals surface area (Å²) in [6, 6.07) is 4.56. The highest BCUT2D eigenvalue weighted by Crippen LogP contribution is 2.29. The number of aromatic nitrogens is 1. The van der Waals surface area contributed by atoms with Gasteiger partial charge in [0.15, 0.2) is 0 Å². The minimum atomic E-state index is -0.881. The fourth-order valence-corrected chi connectivity index (χ4v) is 3.31. The molecule has 0 unspecified atom stereocenters. The maximum Gasteiger partial charge on any atom is 0.123 e. The molecule has 2 atom stereocenters. The Bertz CT molecular complexity index is 513. The van der Waals surface area contributed by atoms with Crippen molar-refractivity contribution in [3.8, 4) is 11.8 Å². The highest BCUT2D eigenvalue weighted by molar-refractivity contribution is 5.17. The fraction of sp³-hybridized carbons (Fsp3) is 0.632. The van der Waals surface area contributed by atoms with Crippen molar-refractivity contribution in [1.29, 1.82) is 0 Å². The van der Waals surface area contributed by atoms with Gasteiger partial charge in [0.05, 0.1) is 6.54 Å². The summed E-state index contributed by atoms with van der Waals surface area (Å²) in [5.74, 6) is 6.71. The van der Waals surface area contributed by atoms with Crippen LogP contribution in [-0.2, 0) is 0 Å². The molecule has 1 aliphatic heterocycles. The third kappa shape index (κ3) is 5.12. The molecule has 1 aromatic heterocycles. The molecule has 1 aromatic rings. The van der Waals surface area contributed by atoms with Crippen LogP contribution in [0.25, 0.3) is 0 Å². The molecule has 120 valence electrons. The molecule has 1 N–H and O–H groups in total. The monoisotopic (exact) mass is 300 g/mol. The van der Waals surface area contributed by atoms with E-state index in [1.165, 1.54) is 18.4 Å². The second-order valence-electron chi connectivity index (χ2n) is 6.94. The Kier molecular flexibility index (Phi) is 5.99. The molecule has 2 heterocycles. The molecular formula is C19H28N2O. The molecular weight excluding hydrogens is 272 g/mol. The summed E-state index contributed by atoms with van der Waals surface area (Å²) < 4.78 is 0. The van der Waals surface area contributed by atoms with Gasteiger partial charge < -0.3 is 5.11 Å². The number of hydrogen-bond acceptors (Lipinski definition) is 3. The Morgan fingerprint density at radius 2 is 2.27 bits per heavy atom. The molecule has 0 amide bonds. The van der Waals surface area contributed by atoms with Crippen molar-refractivity contribution in [2.75, 3.05) is 13.1 Å². The van der Waals surface area contributed by atoms with E-state index >= 15 is 0 Å². The van der Waals surface area contributed by atoms with Crippen LogP contribution in [0.15, 0.2) is 24.5 Å². The van der Waals surface area contributed by atoms with Crippen LogP contribution in [0.2, 0.25) is 0 Å². The van der Waals surface area contributed by atoms with Crippen LogP contribution in [0, 0.1) is 17.8 Å². The Balaban J connectivity index is 2.01. The number of likely N-dealkylation sites (tertiary alicyclic amines) is 1. The Hall–Kier alpha value is -1.37. The molecule has 1 aliphatic rings. The van der Waals surface area contributed by atoms with Gasteiger partial charge in [0, 0.05) is 18.4 Å². The molecule has 0 saturated carbocycles. The average molecular weight is 300 g/mol. The summed E-state index contributed by atoms with van der Waals surface area (Å²) in [5.41, 5.74) is 0.395. The summed E-state index contributed by atoms with van der Waals surface area (Å²) in [4.78, 5) is 6.66. The first-order chi connectivity index (χ1) is 10.5. The van der Waals surface area contributed by atoms with Crippen LogP contribution < -0.4 is 0 Å². The number of hydrogen-bond donors (Lipinski definition) is 1. The van der Waals surface area contributed by atoms with Gasteiger partial charge in [-0.1, -0.05) is 38.2 Å². The van der Waals surface area contributed by atoms with Crippen LogP contribution in [0.1, 0.15) is 58.1 Å². The number of aliphatic hydroxyl groups is 1. The number of nitrogens with zero attached hydrogens (tertiary/aromatic N) is 2. The molecule has 1 saturated heterocycles. The van der Waals surface area contributed by atoms with E-state index in [0.717, 1.165) is 13.0 Å². The van der Waals surface area contributed by atoms with E-state index < -0.39 is 5.60 Å². The molecule has 3 nitrogen and oxygen atoms in total. The maximum atomic E-state index is 10.3. The van der Waals surface area contributed by atoms with Gasteiger partial charge in [0.25, 0.3) is 0 Å². The second-order valence-corrected chi connectivity index (χ2v) is 6.94. The second kappa shape index (κ2) is 7.76. The van der Waals surface area contributed by atoms with Gasteiger partial charge in [0.1, 0.15) is 5.60 Å². The van der Waals surface area contributed by atoms with Gasteiger partial charge in [-0.05, 0) is 50.3 Å². The van der Waals surface area contributed by atoms with Crippen LogP contribution in [0.3, 0.4) is 0 Å². The molecule has 22 heavy (non-hydrogen) atoms. The number of rotatable bonds is 4. The zero-order chi connectivity index (χ0) is 16.0. The molecule has 2 rings (SSSR count). The molecule has 0 aliphatic carbocycles. The van der Waals surface area contributed by atoms with Crippen molar-refractivity contribution in [2.24, 2.45) is 5.92 Å². The average Bonchev–Trinajstić information content (AvgIpc) is 2.47. The van der Waals surface area contributed by atoms with E-state index in [4.69, 9.17) is 0 Å². The molecule has 0 spiro atoms. The summed E-state index contributed by atoms with van der Waals surface area (Å²) in [6.07, 6.45) is 8.14. The summed E-state index contributed by atoms with van der Waals surface area (Å²) >= 11 is 0. The van der Waals surface area contributed by atoms with Crippen LogP contribution in [0.5, 0.6) is 0 Å². The number of piperidine rings is 1. The normalized spacial score (nSPS) is 22.0. The van der Waals surface area contributed by atoms with Gasteiger partial charge in [-0.15, -0.1) is 0 Å². The molecule has 0 aromatic carbocycles. The predicted molar refractivity (Wildman–Crippen MR) is 90.3 cm³/mol. The lowest BCUT2D eigenvalue weighted by atomic mass is 9.94. The van der Waals surface area contributed by atoms with E-state index in [1.807, 2.05) is 25.4 Å². The van der Waals surface area contributed by atoms with Crippen molar-refractivity contribution in [3.63, 3.8) is 0 Å². The van der Waals surface area contributed by atoms with Gasteiger partial charge in [0.2, 0.25) is 0 Å². The summed E-state index contributed by atoms with van der Waals surface area (Å²) in [7, 11) is 0. The zero-order valence-corrected chi connectivity index (χ0v) is 14.0. The highest BCUT2D eigenvalue weighted by atomic mass is 16.3. The standard InChI is InChI=1S/C19H28N2O/c1-16(2)14-19(3,22)10-7-13-21-12-5-4-9-18(21)17-8-6-11-20-15-17/h6,8,11,15-16,18,22H,4-5,9,12-14H2,1-3H3/t18-,19-/m0/s1. The lowest BCUT2D eigenvalue weighted by Crippen LogP contribution is -2.34. The van der Waals surface area contributed by atoms with Gasteiger partial charge in [-0.3, -0.25) is 9.88 Å². The van der Waals surface area contributed by atoms with Crippen molar-refractivity contribution in [2.45, 2.75) is 58.1 Å². The Labute approximate surface area is 134 Å². The minimum Gasteiger partial charge on any atom is -0.378 e. The lowest BCUT2D eigenvalue weighted by molar-refractivity contribution is 0.0971. The Morgan fingerprint density at radius 1 is 1.45 bits per heavy atom. The van der Waals surface area contributed by atoms with Crippen LogP contribution >= 0.6 is 0 Å². The van der Waals surface area contributed by atoms with Crippen molar-refractivity contribution in [3.05, 3.63) is 30.1 Å². The molecule has 3 heteroatoms. The third-order valence-corrected chi connectivity index (χ3v) is 4.13. The number of pyridine rings is 1. The Morgan fingerprint density at radius 3 is 2.95 bits per heavy atom. The fourth-order valence-electron chi connectivity index (χ4n) is 3.31. The smallest absolute Gasteiger partial charge is 0.123 e. The topological polar surface area (TPSA) is 36.4 Å². The first-order valence-electron chi connectivity index (χ1n) is 8.34. The van der Waals surface area contributed by atoms with E-state index in [9.17, 15) is 5.11 Å². The molecule has 1 fully saturated rings. The highest BCUT2D eigenvalue weighted by Gasteiger charge is 2.23. The van der Waals surface area contributed by atoms with Gasteiger partial charge in [-0.2, -0.15) is 0 Å². The predicted octanol–water partition coefficient (Wildman–Crippen LogP) is 3.41.